The number of hydrogen-bond donors (Lipinski definition) is 1. The molecule has 1 spiro atoms. The van der Waals surface area contributed by atoms with Gasteiger partial charge in [0.05, 0.1) is 7.11 Å². The molecule has 1 N–H and O–H groups in total. The van der Waals surface area contributed by atoms with E-state index in [9.17, 15) is 0 Å². The molecule has 1 aromatic rings. The van der Waals surface area contributed by atoms with Gasteiger partial charge in [-0.05, 0) is 74.4 Å². The van der Waals surface area contributed by atoms with Crippen molar-refractivity contribution in [3.8, 4) is 5.75 Å². The van der Waals surface area contributed by atoms with Crippen molar-refractivity contribution in [3.63, 3.8) is 0 Å². The first-order chi connectivity index (χ1) is 12.1. The molecule has 3 nitrogen and oxygen atoms in total. The number of methoxy groups -OCH3 is 1. The molecule has 0 aromatic heterocycles. The summed E-state index contributed by atoms with van der Waals surface area (Å²) in [5.41, 5.74) is 1.56. The third-order valence-corrected chi connectivity index (χ3v) is 6.45. The molecule has 0 saturated heterocycles. The van der Waals surface area contributed by atoms with Crippen molar-refractivity contribution in [1.29, 1.82) is 0 Å². The van der Waals surface area contributed by atoms with Crippen molar-refractivity contribution in [2.24, 2.45) is 11.3 Å². The van der Waals surface area contributed by atoms with Gasteiger partial charge in [0.1, 0.15) is 11.9 Å². The molecule has 0 aliphatic heterocycles. The Morgan fingerprint density at radius 3 is 2.64 bits per heavy atom. The summed E-state index contributed by atoms with van der Waals surface area (Å²) >= 11 is 5.44. The van der Waals surface area contributed by atoms with E-state index in [4.69, 9.17) is 21.7 Å². The lowest BCUT2D eigenvalue weighted by molar-refractivity contribution is -0.0862. The zero-order chi connectivity index (χ0) is 17.7. The highest BCUT2D eigenvalue weighted by molar-refractivity contribution is 7.80. The first-order valence-electron chi connectivity index (χ1n) is 9.72. The molecule has 0 radical (unpaired) electrons. The predicted molar refractivity (Wildman–Crippen MR) is 106 cm³/mol. The Morgan fingerprint density at radius 1 is 1.24 bits per heavy atom. The Labute approximate surface area is 157 Å². The van der Waals surface area contributed by atoms with Gasteiger partial charge in [0.15, 0.2) is 0 Å². The number of ether oxygens (including phenoxy) is 2. The molecule has 1 atom stereocenters. The van der Waals surface area contributed by atoms with Crippen LogP contribution in [0.1, 0.15) is 63.9 Å². The van der Waals surface area contributed by atoms with E-state index in [1.165, 1.54) is 44.9 Å². The van der Waals surface area contributed by atoms with Crippen LogP contribution in [0.3, 0.4) is 0 Å². The fourth-order valence-corrected chi connectivity index (χ4v) is 4.69. The monoisotopic (exact) mass is 361 g/mol. The largest absolute Gasteiger partial charge is 0.497 e. The van der Waals surface area contributed by atoms with Crippen molar-refractivity contribution in [1.82, 2.24) is 5.32 Å². The van der Waals surface area contributed by atoms with E-state index in [0.717, 1.165) is 23.7 Å². The Bertz CT molecular complexity index is 581. The van der Waals surface area contributed by atoms with Crippen LogP contribution in [0, 0.1) is 11.3 Å². The van der Waals surface area contributed by atoms with Gasteiger partial charge in [-0.2, -0.15) is 0 Å². The summed E-state index contributed by atoms with van der Waals surface area (Å²) in [6.45, 7) is 2.97. The minimum Gasteiger partial charge on any atom is -0.497 e. The summed E-state index contributed by atoms with van der Waals surface area (Å²) in [5.74, 6) is 1.81. The van der Waals surface area contributed by atoms with E-state index >= 15 is 0 Å². The number of rotatable bonds is 6. The molecule has 138 valence electrons. The lowest BCUT2D eigenvalue weighted by Crippen LogP contribution is -2.50. The Balaban J connectivity index is 1.45. The van der Waals surface area contributed by atoms with Gasteiger partial charge >= 0.3 is 0 Å². The molecule has 1 unspecified atom stereocenters. The van der Waals surface area contributed by atoms with Crippen LogP contribution >= 0.6 is 12.2 Å². The van der Waals surface area contributed by atoms with Gasteiger partial charge < -0.3 is 14.8 Å². The van der Waals surface area contributed by atoms with Crippen molar-refractivity contribution in [2.45, 2.75) is 70.9 Å². The number of benzene rings is 1. The maximum absolute atomic E-state index is 6.14. The normalized spacial score (nSPS) is 28.2. The minimum absolute atomic E-state index is 0.320. The molecule has 2 aliphatic carbocycles. The topological polar surface area (TPSA) is 30.5 Å². The maximum Gasteiger partial charge on any atom is 0.257 e. The smallest absolute Gasteiger partial charge is 0.257 e. The van der Waals surface area contributed by atoms with Gasteiger partial charge in [-0.1, -0.05) is 31.9 Å². The van der Waals surface area contributed by atoms with Crippen LogP contribution in [0.15, 0.2) is 24.3 Å². The quantitative estimate of drug-likeness (QED) is 0.703. The summed E-state index contributed by atoms with van der Waals surface area (Å²) in [7, 11) is 1.69. The highest BCUT2D eigenvalue weighted by Gasteiger charge is 2.50. The van der Waals surface area contributed by atoms with Crippen LogP contribution in [-0.4, -0.2) is 18.4 Å². The minimum atomic E-state index is 0.320. The molecule has 0 amide bonds. The molecule has 1 aromatic carbocycles. The number of thiocarbonyl (C=S) groups is 1. The van der Waals surface area contributed by atoms with E-state index in [0.29, 0.717) is 23.2 Å². The van der Waals surface area contributed by atoms with Crippen molar-refractivity contribution in [2.75, 3.05) is 7.11 Å². The Hall–Kier alpha value is -1.29. The van der Waals surface area contributed by atoms with Crippen LogP contribution in [0.2, 0.25) is 0 Å². The zero-order valence-electron chi connectivity index (χ0n) is 15.6. The molecule has 2 fully saturated rings. The molecule has 0 heterocycles. The lowest BCUT2D eigenvalue weighted by Gasteiger charge is -2.52. The Kier molecular flexibility index (Phi) is 6.21. The maximum atomic E-state index is 6.14. The Morgan fingerprint density at radius 2 is 2.00 bits per heavy atom. The van der Waals surface area contributed by atoms with Crippen LogP contribution < -0.4 is 10.1 Å². The number of hydrogen-bond acceptors (Lipinski definition) is 3. The summed E-state index contributed by atoms with van der Waals surface area (Å²) in [6.07, 6.45) is 10.9. The van der Waals surface area contributed by atoms with Gasteiger partial charge in [0.25, 0.3) is 5.17 Å². The van der Waals surface area contributed by atoms with Gasteiger partial charge in [-0.3, -0.25) is 0 Å². The molecule has 0 bridgehead atoms. The highest BCUT2D eigenvalue weighted by atomic mass is 32.1. The molecule has 2 saturated carbocycles. The third kappa shape index (κ3) is 4.46. The highest BCUT2D eigenvalue weighted by Crippen LogP contribution is 2.54. The first kappa shape index (κ1) is 18.5. The fourth-order valence-electron chi connectivity index (χ4n) is 4.50. The van der Waals surface area contributed by atoms with E-state index < -0.39 is 0 Å². The zero-order valence-corrected chi connectivity index (χ0v) is 16.4. The third-order valence-electron chi connectivity index (χ3n) is 6.21. The molecule has 3 rings (SSSR count). The molecule has 25 heavy (non-hydrogen) atoms. The predicted octanol–water partition coefficient (Wildman–Crippen LogP) is 5.23. The second-order valence-electron chi connectivity index (χ2n) is 7.73. The van der Waals surface area contributed by atoms with Crippen LogP contribution in [0.5, 0.6) is 5.75 Å². The van der Waals surface area contributed by atoms with Gasteiger partial charge in [-0.25, -0.2) is 0 Å². The fraction of sp³-hybridized carbons (Fsp3) is 0.667. The summed E-state index contributed by atoms with van der Waals surface area (Å²) in [4.78, 5) is 0. The summed E-state index contributed by atoms with van der Waals surface area (Å²) in [6, 6.07) is 8.04. The lowest BCUT2D eigenvalue weighted by atomic mass is 9.57. The van der Waals surface area contributed by atoms with E-state index in [1.54, 1.807) is 7.11 Å². The molecule has 2 aliphatic rings. The second kappa shape index (κ2) is 8.39. The van der Waals surface area contributed by atoms with Crippen molar-refractivity contribution in [3.05, 3.63) is 29.8 Å². The van der Waals surface area contributed by atoms with E-state index in [-0.39, 0.29) is 0 Å². The van der Waals surface area contributed by atoms with Crippen LogP contribution in [-0.2, 0) is 11.3 Å². The van der Waals surface area contributed by atoms with E-state index in [2.05, 4.69) is 18.3 Å². The van der Waals surface area contributed by atoms with Crippen molar-refractivity contribution >= 4 is 17.4 Å². The van der Waals surface area contributed by atoms with Gasteiger partial charge in [0.2, 0.25) is 0 Å². The standard InChI is InChI=1S/C21H31NO2S/c1-3-5-16-8-11-21(12-9-16)13-10-19(21)24-20(25)22-15-17-6-4-7-18(14-17)23-2/h4,6-7,14,16,19H,3,5,8-13,15H2,1-2H3,(H,22,25). The summed E-state index contributed by atoms with van der Waals surface area (Å²) in [5, 5.41) is 3.80. The first-order valence-corrected chi connectivity index (χ1v) is 10.1. The SMILES string of the molecule is CCCC1CCC2(CC1)CCC2OC(=S)NCc1cccc(OC)c1. The van der Waals surface area contributed by atoms with E-state index in [1.807, 2.05) is 18.2 Å². The molecular formula is C21H31NO2S. The second-order valence-corrected chi connectivity index (χ2v) is 8.10. The molecule has 4 heteroatoms. The van der Waals surface area contributed by atoms with Crippen LogP contribution in [0.25, 0.3) is 0 Å². The average molecular weight is 362 g/mol. The van der Waals surface area contributed by atoms with Gasteiger partial charge in [-0.15, -0.1) is 0 Å². The van der Waals surface area contributed by atoms with Crippen LogP contribution in [0.4, 0.5) is 0 Å². The summed E-state index contributed by atoms with van der Waals surface area (Å²) < 4.78 is 11.4. The van der Waals surface area contributed by atoms with Gasteiger partial charge in [0, 0.05) is 12.0 Å². The number of nitrogens with one attached hydrogen (secondary N) is 1. The average Bonchev–Trinajstić information content (AvgIpc) is 2.64. The molecular weight excluding hydrogens is 330 g/mol. The van der Waals surface area contributed by atoms with Crippen molar-refractivity contribution < 1.29 is 9.47 Å².